The summed E-state index contributed by atoms with van der Waals surface area (Å²) < 4.78 is 20.9. The highest BCUT2D eigenvalue weighted by molar-refractivity contribution is 6.21. The van der Waals surface area contributed by atoms with Crippen LogP contribution in [0.15, 0.2) is 59.7 Å². The van der Waals surface area contributed by atoms with Gasteiger partial charge in [-0.05, 0) is 24.3 Å². The molecule has 9 heteroatoms. The average Bonchev–Trinajstić information content (AvgIpc) is 3.10. The zero-order chi connectivity index (χ0) is 20.8. The highest BCUT2D eigenvalue weighted by Crippen LogP contribution is 2.38. The molecule has 1 aliphatic rings. The van der Waals surface area contributed by atoms with E-state index in [0.29, 0.717) is 33.7 Å². The monoisotopic (exact) mass is 403 g/mol. The summed E-state index contributed by atoms with van der Waals surface area (Å²) in [6, 6.07) is 13.0. The lowest BCUT2D eigenvalue weighted by Crippen LogP contribution is -2.15. The van der Waals surface area contributed by atoms with Gasteiger partial charge in [-0.1, -0.05) is 18.2 Å². The number of ether oxygens (including phenoxy) is 1. The van der Waals surface area contributed by atoms with E-state index in [9.17, 15) is 14.3 Å². The minimum atomic E-state index is -0.695. The van der Waals surface area contributed by atoms with Crippen LogP contribution >= 0.6 is 0 Å². The molecule has 0 bridgehead atoms. The molecule has 2 aromatic carbocycles. The molecule has 2 N–H and O–H groups in total. The maximum absolute atomic E-state index is 14.7. The van der Waals surface area contributed by atoms with E-state index in [2.05, 4.69) is 20.1 Å². The Balaban J connectivity index is 1.82. The van der Waals surface area contributed by atoms with Crippen LogP contribution in [-0.2, 0) is 4.74 Å². The van der Waals surface area contributed by atoms with Crippen molar-refractivity contribution in [3.05, 3.63) is 71.7 Å². The van der Waals surface area contributed by atoms with Crippen LogP contribution in [0.1, 0.15) is 11.1 Å². The van der Waals surface area contributed by atoms with Crippen LogP contribution in [0.25, 0.3) is 16.8 Å². The van der Waals surface area contributed by atoms with E-state index >= 15 is 0 Å². The van der Waals surface area contributed by atoms with Crippen LogP contribution in [0.5, 0.6) is 5.75 Å². The Morgan fingerprint density at radius 1 is 1.13 bits per heavy atom. The van der Waals surface area contributed by atoms with Gasteiger partial charge in [0, 0.05) is 29.0 Å². The first-order valence-electron chi connectivity index (χ1n) is 8.97. The molecule has 5 rings (SSSR count). The molecule has 1 amide bonds. The van der Waals surface area contributed by atoms with E-state index in [1.54, 1.807) is 22.8 Å². The summed E-state index contributed by atoms with van der Waals surface area (Å²) in [7, 11) is 1.25. The summed E-state index contributed by atoms with van der Waals surface area (Å²) in [5.41, 5.74) is 3.67. The van der Waals surface area contributed by atoms with Crippen molar-refractivity contribution in [2.75, 3.05) is 12.4 Å². The number of nitrogens with zero attached hydrogens (tertiary/aromatic N) is 4. The highest BCUT2D eigenvalue weighted by Gasteiger charge is 2.25. The normalized spacial score (nSPS) is 12.1. The summed E-state index contributed by atoms with van der Waals surface area (Å²) in [5, 5.41) is 16.4. The van der Waals surface area contributed by atoms with Crippen molar-refractivity contribution < 1.29 is 19.0 Å². The Labute approximate surface area is 169 Å². The van der Waals surface area contributed by atoms with Gasteiger partial charge in [-0.2, -0.15) is 0 Å². The summed E-state index contributed by atoms with van der Waals surface area (Å²) in [6.45, 7) is 0. The predicted octanol–water partition coefficient (Wildman–Crippen LogP) is 3.90. The zero-order valence-electron chi connectivity index (χ0n) is 15.6. The van der Waals surface area contributed by atoms with Gasteiger partial charge in [-0.25, -0.2) is 23.7 Å². The lowest BCUT2D eigenvalue weighted by atomic mass is 10.0. The van der Waals surface area contributed by atoms with Crippen molar-refractivity contribution in [2.24, 2.45) is 4.99 Å². The maximum Gasteiger partial charge on any atom is 0.413 e. The molecule has 0 atom stereocenters. The van der Waals surface area contributed by atoms with Gasteiger partial charge in [0.15, 0.2) is 0 Å². The molecule has 2 aromatic heterocycles. The topological polar surface area (TPSA) is 101 Å². The molecule has 148 valence electrons. The van der Waals surface area contributed by atoms with E-state index < -0.39 is 11.9 Å². The second-order valence-electron chi connectivity index (χ2n) is 6.56. The number of methoxy groups -OCH3 is 1. The third-order valence-corrected chi connectivity index (χ3v) is 4.76. The summed E-state index contributed by atoms with van der Waals surface area (Å²) >= 11 is 0. The minimum absolute atomic E-state index is 0.0561. The second kappa shape index (κ2) is 6.66. The van der Waals surface area contributed by atoms with Crippen LogP contribution in [0.2, 0.25) is 0 Å². The Hall–Kier alpha value is -4.27. The number of hydrogen-bond donors (Lipinski definition) is 2. The van der Waals surface area contributed by atoms with E-state index in [1.807, 2.05) is 18.2 Å². The van der Waals surface area contributed by atoms with Gasteiger partial charge in [0.25, 0.3) is 5.95 Å². The van der Waals surface area contributed by atoms with Gasteiger partial charge in [0.2, 0.25) is 0 Å². The molecule has 3 heterocycles. The predicted molar refractivity (Wildman–Crippen MR) is 108 cm³/mol. The number of anilines is 1. The number of aliphatic imine (C=N–C) groups is 1. The smallest absolute Gasteiger partial charge is 0.413 e. The van der Waals surface area contributed by atoms with Gasteiger partial charge in [0.05, 0.1) is 18.5 Å². The summed E-state index contributed by atoms with van der Waals surface area (Å²) in [4.78, 5) is 20.9. The van der Waals surface area contributed by atoms with Gasteiger partial charge in [-0.3, -0.25) is 5.32 Å². The fourth-order valence-electron chi connectivity index (χ4n) is 3.45. The number of benzene rings is 2. The Bertz CT molecular complexity index is 1360. The second-order valence-corrected chi connectivity index (χ2v) is 6.56. The van der Waals surface area contributed by atoms with E-state index in [0.717, 1.165) is 6.07 Å². The molecule has 8 nitrogen and oxygen atoms in total. The molecule has 0 spiro atoms. The number of phenolic OH excluding ortho intramolecular Hbond substituents is 1. The highest BCUT2D eigenvalue weighted by atomic mass is 19.1. The molecular weight excluding hydrogens is 389 g/mol. The summed E-state index contributed by atoms with van der Waals surface area (Å²) in [5.74, 6) is -0.713. The van der Waals surface area contributed by atoms with Crippen LogP contribution in [0.4, 0.5) is 20.8 Å². The van der Waals surface area contributed by atoms with Crippen LogP contribution in [-0.4, -0.2) is 38.6 Å². The number of halogens is 1. The molecule has 0 unspecified atom stereocenters. The van der Waals surface area contributed by atoms with E-state index in [1.165, 1.54) is 19.2 Å². The molecule has 0 saturated heterocycles. The SMILES string of the molecule is COC(=O)Nc1nc2c3c(ccn3n1)C(c1ccc(O)cc1F)=Nc1ccccc1-2. The zero-order valence-corrected chi connectivity index (χ0v) is 15.6. The molecule has 4 aromatic rings. The number of aromatic hydroxyl groups is 1. The van der Waals surface area contributed by atoms with Crippen LogP contribution < -0.4 is 5.32 Å². The van der Waals surface area contributed by atoms with Crippen LogP contribution in [0, 0.1) is 5.82 Å². The van der Waals surface area contributed by atoms with Crippen molar-refractivity contribution in [2.45, 2.75) is 0 Å². The molecular formula is C21H14FN5O3. The molecule has 0 aliphatic carbocycles. The minimum Gasteiger partial charge on any atom is -0.508 e. The quantitative estimate of drug-likeness (QED) is 0.466. The van der Waals surface area contributed by atoms with Crippen molar-refractivity contribution in [3.63, 3.8) is 0 Å². The lowest BCUT2D eigenvalue weighted by Gasteiger charge is -2.09. The Morgan fingerprint density at radius 3 is 2.77 bits per heavy atom. The fraction of sp³-hybridized carbons (Fsp3) is 0.0476. The molecule has 0 saturated carbocycles. The fourth-order valence-corrected chi connectivity index (χ4v) is 3.45. The van der Waals surface area contributed by atoms with Gasteiger partial charge in [0.1, 0.15) is 22.8 Å². The Kier molecular flexibility index (Phi) is 3.95. The number of rotatable bonds is 2. The molecule has 30 heavy (non-hydrogen) atoms. The van der Waals surface area contributed by atoms with Crippen molar-refractivity contribution in [3.8, 4) is 17.0 Å². The first-order valence-corrected chi connectivity index (χ1v) is 8.97. The first-order chi connectivity index (χ1) is 14.5. The number of nitrogens with one attached hydrogen (secondary N) is 1. The number of para-hydroxylation sites is 1. The standard InChI is InChI=1S/C21H14FN5O3/c1-30-21(29)25-20-24-18-13-4-2-3-5-16(13)23-17(12-7-6-11(28)10-15(12)22)14-8-9-27(26-20)19(14)18/h2-10,28H,1H3,(H,25,26,29). The van der Waals surface area contributed by atoms with Crippen molar-refractivity contribution in [1.29, 1.82) is 0 Å². The lowest BCUT2D eigenvalue weighted by molar-refractivity contribution is 0.186. The number of hydrogen-bond acceptors (Lipinski definition) is 6. The Morgan fingerprint density at radius 2 is 1.97 bits per heavy atom. The van der Waals surface area contributed by atoms with Gasteiger partial charge in [-0.15, -0.1) is 5.10 Å². The number of carbonyl (C=O) groups excluding carboxylic acids is 1. The average molecular weight is 403 g/mol. The maximum atomic E-state index is 14.7. The third kappa shape index (κ3) is 2.75. The van der Waals surface area contributed by atoms with Gasteiger partial charge < -0.3 is 9.84 Å². The van der Waals surface area contributed by atoms with E-state index in [-0.39, 0.29) is 17.3 Å². The largest absolute Gasteiger partial charge is 0.508 e. The summed E-state index contributed by atoms with van der Waals surface area (Å²) in [6.07, 6.45) is 0.985. The number of carbonyl (C=O) groups is 1. The molecule has 0 radical (unpaired) electrons. The van der Waals surface area contributed by atoms with Crippen molar-refractivity contribution >= 4 is 29.0 Å². The molecule has 0 fully saturated rings. The van der Waals surface area contributed by atoms with E-state index in [4.69, 9.17) is 4.99 Å². The third-order valence-electron chi connectivity index (χ3n) is 4.76. The van der Waals surface area contributed by atoms with Gasteiger partial charge >= 0.3 is 6.09 Å². The number of phenols is 1. The number of fused-ring (bicyclic) bond motifs is 2. The number of aromatic nitrogens is 3. The van der Waals surface area contributed by atoms with Crippen LogP contribution in [0.3, 0.4) is 0 Å². The first kappa shape index (κ1) is 17.8. The molecule has 1 aliphatic heterocycles. The number of amides is 1. The van der Waals surface area contributed by atoms with Crippen molar-refractivity contribution in [1.82, 2.24) is 14.6 Å².